The van der Waals surface area contributed by atoms with Gasteiger partial charge in [0.2, 0.25) is 17.7 Å². The van der Waals surface area contributed by atoms with E-state index in [0.29, 0.717) is 26.1 Å². The zero-order chi connectivity index (χ0) is 27.3. The molecule has 3 saturated heterocycles. The predicted octanol–water partition coefficient (Wildman–Crippen LogP) is 3.17. The Kier molecular flexibility index (Phi) is 9.14. The standard InChI is InChI=1S/C30H45N3O5/c1-4-5-11-16-31-27(36)25-30-19-21(2)29(3,38-30)23(26(35)32-20-22-14-9-8-10-15-22)24(30)28(37)33(25)17-12-6-7-13-18-34/h8-10,14-15,21,23-25,34H,4-7,11-13,16-20H2,1-3H3,(H,31,36)(H,32,35)/t21?,23-,24-,25?,29+,30?/m0/s1. The molecule has 1 aromatic rings. The molecule has 0 saturated carbocycles. The maximum Gasteiger partial charge on any atom is 0.245 e. The van der Waals surface area contributed by atoms with E-state index in [9.17, 15) is 14.4 Å². The zero-order valence-corrected chi connectivity index (χ0v) is 23.2. The molecular weight excluding hydrogens is 482 g/mol. The van der Waals surface area contributed by atoms with E-state index in [4.69, 9.17) is 9.84 Å². The lowest BCUT2D eigenvalue weighted by Crippen LogP contribution is -2.56. The van der Waals surface area contributed by atoms with Crippen molar-refractivity contribution in [3.63, 3.8) is 0 Å². The van der Waals surface area contributed by atoms with Gasteiger partial charge in [0.1, 0.15) is 11.6 Å². The van der Waals surface area contributed by atoms with Gasteiger partial charge in [0.25, 0.3) is 0 Å². The average Bonchev–Trinajstić information content (AvgIpc) is 3.42. The van der Waals surface area contributed by atoms with Crippen LogP contribution in [0.2, 0.25) is 0 Å². The van der Waals surface area contributed by atoms with Gasteiger partial charge in [-0.3, -0.25) is 14.4 Å². The summed E-state index contributed by atoms with van der Waals surface area (Å²) in [5.74, 6) is -1.81. The molecule has 3 amide bonds. The molecule has 210 valence electrons. The monoisotopic (exact) mass is 527 g/mol. The third-order valence-corrected chi connectivity index (χ3v) is 9.04. The van der Waals surface area contributed by atoms with Crippen molar-refractivity contribution >= 4 is 17.7 Å². The van der Waals surface area contributed by atoms with E-state index in [-0.39, 0.29) is 30.2 Å². The highest BCUT2D eigenvalue weighted by molar-refractivity contribution is 5.99. The SMILES string of the molecule is CCCCCNC(=O)C1N(CCCCCCO)C(=O)[C@@H]2[C@@H](C(=O)NCc3ccccc3)[C@]3(C)OC12CC3C. The van der Waals surface area contributed by atoms with E-state index >= 15 is 0 Å². The number of nitrogens with one attached hydrogen (secondary N) is 2. The lowest BCUT2D eigenvalue weighted by Gasteiger charge is -2.36. The van der Waals surface area contributed by atoms with Gasteiger partial charge < -0.3 is 25.4 Å². The number of benzene rings is 1. The molecule has 3 N–H and O–H groups in total. The van der Waals surface area contributed by atoms with Crippen LogP contribution in [-0.4, -0.2) is 64.7 Å². The number of hydrogen-bond acceptors (Lipinski definition) is 5. The fourth-order valence-electron chi connectivity index (χ4n) is 7.01. The summed E-state index contributed by atoms with van der Waals surface area (Å²) in [6.07, 6.45) is 6.76. The Morgan fingerprint density at radius 1 is 1.05 bits per heavy atom. The van der Waals surface area contributed by atoms with Crippen LogP contribution in [0.25, 0.3) is 0 Å². The highest BCUT2D eigenvalue weighted by atomic mass is 16.5. The summed E-state index contributed by atoms with van der Waals surface area (Å²) in [7, 11) is 0. The number of unbranched alkanes of at least 4 members (excludes halogenated alkanes) is 5. The topological polar surface area (TPSA) is 108 Å². The van der Waals surface area contributed by atoms with Crippen molar-refractivity contribution in [1.82, 2.24) is 15.5 Å². The van der Waals surface area contributed by atoms with Crippen LogP contribution in [0.15, 0.2) is 30.3 Å². The van der Waals surface area contributed by atoms with Gasteiger partial charge in [-0.1, -0.05) is 69.9 Å². The number of amides is 3. The largest absolute Gasteiger partial charge is 0.396 e. The van der Waals surface area contributed by atoms with Gasteiger partial charge in [-0.25, -0.2) is 0 Å². The fourth-order valence-corrected chi connectivity index (χ4v) is 7.01. The molecule has 3 aliphatic rings. The second-order valence-electron chi connectivity index (χ2n) is 11.6. The number of hydrogen-bond donors (Lipinski definition) is 3. The normalized spacial score (nSPS) is 31.5. The van der Waals surface area contributed by atoms with Crippen LogP contribution in [0.4, 0.5) is 0 Å². The van der Waals surface area contributed by atoms with Crippen molar-refractivity contribution in [2.24, 2.45) is 17.8 Å². The third-order valence-electron chi connectivity index (χ3n) is 9.04. The van der Waals surface area contributed by atoms with Crippen molar-refractivity contribution in [2.75, 3.05) is 19.7 Å². The van der Waals surface area contributed by atoms with Crippen molar-refractivity contribution in [3.8, 4) is 0 Å². The Morgan fingerprint density at radius 2 is 1.79 bits per heavy atom. The van der Waals surface area contributed by atoms with Crippen molar-refractivity contribution in [3.05, 3.63) is 35.9 Å². The third kappa shape index (κ3) is 5.22. The van der Waals surface area contributed by atoms with Crippen LogP contribution >= 0.6 is 0 Å². The van der Waals surface area contributed by atoms with Crippen LogP contribution in [-0.2, 0) is 25.7 Å². The van der Waals surface area contributed by atoms with E-state index in [1.807, 2.05) is 37.3 Å². The van der Waals surface area contributed by atoms with Crippen LogP contribution < -0.4 is 10.6 Å². The number of fused-ring (bicyclic) bond motifs is 1. The van der Waals surface area contributed by atoms with Gasteiger partial charge in [0, 0.05) is 26.2 Å². The van der Waals surface area contributed by atoms with Crippen LogP contribution in [0.3, 0.4) is 0 Å². The van der Waals surface area contributed by atoms with Gasteiger partial charge >= 0.3 is 0 Å². The maximum absolute atomic E-state index is 14.1. The Labute approximate surface area is 226 Å². The molecule has 8 nitrogen and oxygen atoms in total. The first-order chi connectivity index (χ1) is 18.3. The molecule has 3 unspecified atom stereocenters. The molecule has 4 rings (SSSR count). The molecule has 2 bridgehead atoms. The maximum atomic E-state index is 14.1. The minimum absolute atomic E-state index is 0.0268. The molecule has 8 heteroatoms. The van der Waals surface area contributed by atoms with Gasteiger partial charge in [-0.2, -0.15) is 0 Å². The Hall–Kier alpha value is -2.45. The molecule has 1 aromatic carbocycles. The predicted molar refractivity (Wildman–Crippen MR) is 145 cm³/mol. The van der Waals surface area contributed by atoms with Gasteiger partial charge in [-0.15, -0.1) is 0 Å². The quantitative estimate of drug-likeness (QED) is 0.322. The Morgan fingerprint density at radius 3 is 2.50 bits per heavy atom. The highest BCUT2D eigenvalue weighted by Gasteiger charge is 2.79. The molecule has 0 aromatic heterocycles. The van der Waals surface area contributed by atoms with E-state index in [0.717, 1.165) is 50.5 Å². The number of carbonyl (C=O) groups excluding carboxylic acids is 3. The van der Waals surface area contributed by atoms with Crippen LogP contribution in [0, 0.1) is 17.8 Å². The first-order valence-electron chi connectivity index (χ1n) is 14.5. The molecule has 6 atom stereocenters. The number of rotatable bonds is 14. The lowest BCUT2D eigenvalue weighted by molar-refractivity contribution is -0.147. The first kappa shape index (κ1) is 28.6. The first-order valence-corrected chi connectivity index (χ1v) is 14.5. The van der Waals surface area contributed by atoms with E-state index in [1.54, 1.807) is 4.90 Å². The molecule has 0 aliphatic carbocycles. The number of likely N-dealkylation sites (tertiary alicyclic amines) is 1. The summed E-state index contributed by atoms with van der Waals surface area (Å²) < 4.78 is 6.76. The Bertz CT molecular complexity index is 987. The summed E-state index contributed by atoms with van der Waals surface area (Å²) in [4.78, 5) is 43.2. The molecule has 0 radical (unpaired) electrons. The number of aliphatic hydroxyl groups excluding tert-OH is 1. The van der Waals surface area contributed by atoms with Crippen molar-refractivity contribution < 1.29 is 24.2 Å². The van der Waals surface area contributed by atoms with Crippen molar-refractivity contribution in [2.45, 2.75) is 95.9 Å². The Balaban J connectivity index is 1.58. The summed E-state index contributed by atoms with van der Waals surface area (Å²) in [6.45, 7) is 7.68. The van der Waals surface area contributed by atoms with Gasteiger partial charge in [0.05, 0.1) is 17.4 Å². The van der Waals surface area contributed by atoms with Gasteiger partial charge in [0.15, 0.2) is 0 Å². The van der Waals surface area contributed by atoms with E-state index < -0.39 is 29.1 Å². The molecule has 3 fully saturated rings. The van der Waals surface area contributed by atoms with Gasteiger partial charge in [-0.05, 0) is 44.1 Å². The summed E-state index contributed by atoms with van der Waals surface area (Å²) in [5.41, 5.74) is -0.820. The fraction of sp³-hybridized carbons (Fsp3) is 0.700. The molecular formula is C30H45N3O5. The number of nitrogens with zero attached hydrogens (tertiary/aromatic N) is 1. The summed E-state index contributed by atoms with van der Waals surface area (Å²) in [5, 5.41) is 15.3. The minimum atomic E-state index is -1.00. The second kappa shape index (κ2) is 12.2. The molecule has 3 heterocycles. The van der Waals surface area contributed by atoms with Crippen LogP contribution in [0.1, 0.15) is 77.7 Å². The molecule has 38 heavy (non-hydrogen) atoms. The summed E-state index contributed by atoms with van der Waals surface area (Å²) in [6, 6.07) is 8.98. The zero-order valence-electron chi connectivity index (χ0n) is 23.2. The van der Waals surface area contributed by atoms with E-state index in [2.05, 4.69) is 24.5 Å². The number of aliphatic hydroxyl groups is 1. The van der Waals surface area contributed by atoms with E-state index in [1.165, 1.54) is 0 Å². The van der Waals surface area contributed by atoms with Crippen LogP contribution in [0.5, 0.6) is 0 Å². The average molecular weight is 528 g/mol. The minimum Gasteiger partial charge on any atom is -0.396 e. The molecule has 1 spiro atoms. The number of carbonyl (C=O) groups is 3. The second-order valence-corrected chi connectivity index (χ2v) is 11.6. The highest BCUT2D eigenvalue weighted by Crippen LogP contribution is 2.65. The lowest BCUT2D eigenvalue weighted by atomic mass is 9.62. The number of ether oxygens (including phenoxy) is 1. The summed E-state index contributed by atoms with van der Waals surface area (Å²) >= 11 is 0. The molecule has 3 aliphatic heterocycles. The smallest absolute Gasteiger partial charge is 0.245 e. The van der Waals surface area contributed by atoms with Crippen molar-refractivity contribution in [1.29, 1.82) is 0 Å².